The summed E-state index contributed by atoms with van der Waals surface area (Å²) in [6.07, 6.45) is 6.29. The standard InChI is InChI=1S/C34H39N3O3/c1-23(35-25(3)27-16-17-27)14-15-24(2)40-22-29-20-28(18-19-32(29)39-4)33-36-31-13-9-8-12-30(31)34(38)37(33)21-26-10-6-5-7-11-26/h5-15,18-20,23-24,33,35-36H,16-17,21-22H2,1-4H3/b15-14-. The number of carbonyl (C=O) groups is 1. The average molecular weight is 538 g/mol. The highest BCUT2D eigenvalue weighted by atomic mass is 16.5. The summed E-state index contributed by atoms with van der Waals surface area (Å²) in [5, 5.41) is 7.15. The van der Waals surface area contributed by atoms with Gasteiger partial charge in [-0.15, -0.1) is 0 Å². The van der Waals surface area contributed by atoms with Crippen molar-refractivity contribution in [2.75, 3.05) is 12.4 Å². The summed E-state index contributed by atoms with van der Waals surface area (Å²) in [4.78, 5) is 15.6. The van der Waals surface area contributed by atoms with Crippen LogP contribution in [0.4, 0.5) is 5.69 Å². The molecule has 1 amide bonds. The Kier molecular flexibility index (Phi) is 8.56. The Bertz CT molecular complexity index is 1390. The number of benzene rings is 3. The number of fused-ring (bicyclic) bond motifs is 1. The van der Waals surface area contributed by atoms with E-state index in [9.17, 15) is 4.79 Å². The van der Waals surface area contributed by atoms with Gasteiger partial charge in [-0.2, -0.15) is 0 Å². The van der Waals surface area contributed by atoms with Gasteiger partial charge in [-0.25, -0.2) is 0 Å². The summed E-state index contributed by atoms with van der Waals surface area (Å²) in [6.45, 7) is 7.24. The summed E-state index contributed by atoms with van der Waals surface area (Å²) in [5.41, 5.74) is 7.33. The largest absolute Gasteiger partial charge is 0.496 e. The number of methoxy groups -OCH3 is 1. The fourth-order valence-electron chi connectivity index (χ4n) is 5.11. The van der Waals surface area contributed by atoms with Crippen molar-refractivity contribution >= 4 is 11.6 Å². The highest BCUT2D eigenvalue weighted by Gasteiger charge is 2.33. The van der Waals surface area contributed by atoms with Gasteiger partial charge in [0.2, 0.25) is 0 Å². The fourth-order valence-corrected chi connectivity index (χ4v) is 5.11. The predicted octanol–water partition coefficient (Wildman–Crippen LogP) is 6.97. The molecule has 3 atom stereocenters. The lowest BCUT2D eigenvalue weighted by Gasteiger charge is -2.38. The Morgan fingerprint density at radius 1 is 1.05 bits per heavy atom. The van der Waals surface area contributed by atoms with Crippen LogP contribution in [0.1, 0.15) is 66.8 Å². The van der Waals surface area contributed by atoms with Gasteiger partial charge in [-0.05, 0) is 69.0 Å². The average Bonchev–Trinajstić information content (AvgIpc) is 3.83. The van der Waals surface area contributed by atoms with Gasteiger partial charge < -0.3 is 25.0 Å². The van der Waals surface area contributed by atoms with Crippen molar-refractivity contribution in [3.05, 3.63) is 118 Å². The maximum atomic E-state index is 13.7. The molecule has 6 nitrogen and oxygen atoms in total. The fraction of sp³-hybridized carbons (Fsp3) is 0.324. The number of rotatable bonds is 11. The molecule has 0 bridgehead atoms. The zero-order valence-electron chi connectivity index (χ0n) is 23.8. The topological polar surface area (TPSA) is 62.8 Å². The molecule has 2 aliphatic rings. The number of nitrogens with zero attached hydrogens (tertiary/aromatic N) is 1. The molecule has 208 valence electrons. The van der Waals surface area contributed by atoms with Crippen molar-refractivity contribution in [3.63, 3.8) is 0 Å². The first-order valence-electron chi connectivity index (χ1n) is 14.0. The summed E-state index contributed by atoms with van der Waals surface area (Å²) in [7, 11) is 1.67. The van der Waals surface area contributed by atoms with Crippen molar-refractivity contribution in [2.45, 2.75) is 65.1 Å². The molecule has 0 aromatic heterocycles. The normalized spacial score (nSPS) is 17.7. The van der Waals surface area contributed by atoms with Gasteiger partial charge in [0.15, 0.2) is 0 Å². The zero-order valence-corrected chi connectivity index (χ0v) is 23.8. The first-order valence-corrected chi connectivity index (χ1v) is 14.0. The van der Waals surface area contributed by atoms with E-state index < -0.39 is 0 Å². The maximum absolute atomic E-state index is 13.7. The van der Waals surface area contributed by atoms with Crippen LogP contribution in [-0.2, 0) is 17.9 Å². The number of nitrogens with one attached hydrogen (secondary N) is 2. The number of hydrogen-bond acceptors (Lipinski definition) is 5. The minimum Gasteiger partial charge on any atom is -0.496 e. The number of allylic oxidation sites excluding steroid dienone is 2. The van der Waals surface area contributed by atoms with Crippen LogP contribution in [0.5, 0.6) is 5.75 Å². The molecule has 1 heterocycles. The van der Waals surface area contributed by atoms with E-state index in [4.69, 9.17) is 9.47 Å². The number of hydrogen-bond donors (Lipinski definition) is 2. The minimum atomic E-state index is -0.333. The maximum Gasteiger partial charge on any atom is 0.258 e. The van der Waals surface area contributed by atoms with Gasteiger partial charge in [0.1, 0.15) is 11.9 Å². The molecule has 2 N–H and O–H groups in total. The number of amides is 1. The Morgan fingerprint density at radius 2 is 1.80 bits per heavy atom. The highest BCUT2D eigenvalue weighted by molar-refractivity contribution is 6.01. The smallest absolute Gasteiger partial charge is 0.258 e. The molecule has 3 aromatic rings. The van der Waals surface area contributed by atoms with Gasteiger partial charge in [0.05, 0.1) is 25.4 Å². The SMILES string of the molecule is COc1ccc(C2Nc3ccccc3C(=O)N2Cc2ccccc2)cc1COC(C)/C=C\C(C)NC(C)=C1CC1. The Labute approximate surface area is 237 Å². The number of carbonyl (C=O) groups excluding carboxylic acids is 1. The molecule has 0 spiro atoms. The van der Waals surface area contributed by atoms with Crippen LogP contribution < -0.4 is 15.4 Å². The molecular weight excluding hydrogens is 498 g/mol. The molecule has 1 saturated carbocycles. The van der Waals surface area contributed by atoms with Crippen LogP contribution in [0.2, 0.25) is 0 Å². The Morgan fingerprint density at radius 3 is 2.55 bits per heavy atom. The molecule has 1 fully saturated rings. The van der Waals surface area contributed by atoms with Crippen LogP contribution in [0.15, 0.2) is 96.2 Å². The first-order chi connectivity index (χ1) is 19.4. The van der Waals surface area contributed by atoms with E-state index in [2.05, 4.69) is 42.7 Å². The highest BCUT2D eigenvalue weighted by Crippen LogP contribution is 2.36. The second-order valence-corrected chi connectivity index (χ2v) is 10.6. The second kappa shape index (κ2) is 12.4. The molecule has 0 radical (unpaired) electrons. The zero-order chi connectivity index (χ0) is 28.1. The first kappa shape index (κ1) is 27.5. The van der Waals surface area contributed by atoms with Crippen LogP contribution >= 0.6 is 0 Å². The number of para-hydroxylation sites is 1. The lowest BCUT2D eigenvalue weighted by molar-refractivity contribution is 0.0665. The van der Waals surface area contributed by atoms with E-state index in [1.54, 1.807) is 7.11 Å². The van der Waals surface area contributed by atoms with E-state index >= 15 is 0 Å². The van der Waals surface area contributed by atoms with Gasteiger partial charge >= 0.3 is 0 Å². The van der Waals surface area contributed by atoms with Crippen LogP contribution in [-0.4, -0.2) is 30.1 Å². The van der Waals surface area contributed by atoms with E-state index in [-0.39, 0.29) is 24.2 Å². The predicted molar refractivity (Wildman–Crippen MR) is 160 cm³/mol. The van der Waals surface area contributed by atoms with Gasteiger partial charge in [-0.1, -0.05) is 66.3 Å². The van der Waals surface area contributed by atoms with Crippen molar-refractivity contribution < 1.29 is 14.3 Å². The van der Waals surface area contributed by atoms with Crippen molar-refractivity contribution in [1.29, 1.82) is 0 Å². The van der Waals surface area contributed by atoms with E-state index in [0.29, 0.717) is 18.7 Å². The third kappa shape index (κ3) is 6.57. The molecule has 6 heteroatoms. The Balaban J connectivity index is 1.34. The van der Waals surface area contributed by atoms with Crippen LogP contribution in [0.3, 0.4) is 0 Å². The van der Waals surface area contributed by atoms with Crippen LogP contribution in [0.25, 0.3) is 0 Å². The molecule has 1 aliphatic heterocycles. The van der Waals surface area contributed by atoms with Crippen molar-refractivity contribution in [2.24, 2.45) is 0 Å². The summed E-state index contributed by atoms with van der Waals surface area (Å²) < 4.78 is 11.9. The van der Waals surface area contributed by atoms with E-state index in [0.717, 1.165) is 28.1 Å². The van der Waals surface area contributed by atoms with E-state index in [1.807, 2.05) is 78.6 Å². The molecule has 5 rings (SSSR count). The van der Waals surface area contributed by atoms with E-state index in [1.165, 1.54) is 24.1 Å². The van der Waals surface area contributed by atoms with Crippen molar-refractivity contribution in [3.8, 4) is 5.75 Å². The summed E-state index contributed by atoms with van der Waals surface area (Å²) >= 11 is 0. The summed E-state index contributed by atoms with van der Waals surface area (Å²) in [5.74, 6) is 0.768. The quantitative estimate of drug-likeness (QED) is 0.259. The lowest BCUT2D eigenvalue weighted by Crippen LogP contribution is -2.42. The molecule has 3 aromatic carbocycles. The molecule has 40 heavy (non-hydrogen) atoms. The van der Waals surface area contributed by atoms with Crippen LogP contribution in [0, 0.1) is 0 Å². The third-order valence-corrected chi connectivity index (χ3v) is 7.49. The third-order valence-electron chi connectivity index (χ3n) is 7.49. The number of ether oxygens (including phenoxy) is 2. The number of anilines is 1. The molecule has 0 saturated heterocycles. The Hall–Kier alpha value is -4.03. The second-order valence-electron chi connectivity index (χ2n) is 10.6. The summed E-state index contributed by atoms with van der Waals surface area (Å²) in [6, 6.07) is 24.1. The van der Waals surface area contributed by atoms with Gasteiger partial charge in [-0.3, -0.25) is 4.79 Å². The monoisotopic (exact) mass is 537 g/mol. The lowest BCUT2D eigenvalue weighted by atomic mass is 10.0. The van der Waals surface area contributed by atoms with Gasteiger partial charge in [0, 0.05) is 29.5 Å². The minimum absolute atomic E-state index is 0.00544. The molecule has 3 unspecified atom stereocenters. The molecule has 1 aliphatic carbocycles. The van der Waals surface area contributed by atoms with Crippen molar-refractivity contribution in [1.82, 2.24) is 10.2 Å². The molecular formula is C34H39N3O3. The van der Waals surface area contributed by atoms with Gasteiger partial charge in [0.25, 0.3) is 5.91 Å².